The number of hydrogen-bond donors (Lipinski definition) is 0. The zero-order valence-electron chi connectivity index (χ0n) is 19.6. The summed E-state index contributed by atoms with van der Waals surface area (Å²) >= 11 is 0. The highest BCUT2D eigenvalue weighted by atomic mass is 16.7. The summed E-state index contributed by atoms with van der Waals surface area (Å²) in [6, 6.07) is 0. The van der Waals surface area contributed by atoms with Gasteiger partial charge in [-0.2, -0.15) is 0 Å². The fourth-order valence-electron chi connectivity index (χ4n) is 3.92. The molecule has 0 heterocycles. The predicted octanol–water partition coefficient (Wildman–Crippen LogP) is 6.15. The van der Waals surface area contributed by atoms with E-state index in [-0.39, 0.29) is 17.6 Å². The number of carbonyl (C=O) groups is 1. The van der Waals surface area contributed by atoms with E-state index in [0.717, 1.165) is 25.7 Å². The van der Waals surface area contributed by atoms with Gasteiger partial charge in [0.1, 0.15) is 0 Å². The van der Waals surface area contributed by atoms with E-state index in [1.165, 1.54) is 29.9 Å². The molecule has 0 fully saturated rings. The number of methoxy groups -OCH3 is 3. The second-order valence-electron chi connectivity index (χ2n) is 8.28. The molecule has 1 rings (SSSR count). The SMILES string of the molecule is COC1=CC(=O)[C@H](C/C=C(\C)CC/C=C(\C)CCC=C(C)C)[C@@H](C)C1(OC)OC. The maximum Gasteiger partial charge on any atom is 0.230 e. The van der Waals surface area contributed by atoms with Crippen molar-refractivity contribution in [2.24, 2.45) is 11.8 Å². The van der Waals surface area contributed by atoms with Gasteiger partial charge in [0, 0.05) is 32.1 Å². The number of ether oxygens (including phenoxy) is 3. The monoisotopic (exact) mass is 404 g/mol. The van der Waals surface area contributed by atoms with E-state index >= 15 is 0 Å². The summed E-state index contributed by atoms with van der Waals surface area (Å²) < 4.78 is 16.7. The molecule has 2 atom stereocenters. The molecule has 0 radical (unpaired) electrons. The molecule has 4 heteroatoms. The summed E-state index contributed by atoms with van der Waals surface area (Å²) in [7, 11) is 4.72. The lowest BCUT2D eigenvalue weighted by Crippen LogP contribution is -2.51. The lowest BCUT2D eigenvalue weighted by Gasteiger charge is -2.42. The molecule has 0 N–H and O–H groups in total. The molecule has 0 unspecified atom stereocenters. The summed E-state index contributed by atoms with van der Waals surface area (Å²) in [6.45, 7) is 10.6. The van der Waals surface area contributed by atoms with Crippen molar-refractivity contribution < 1.29 is 19.0 Å². The number of carbonyl (C=O) groups excluding carboxylic acids is 1. The molecule has 0 bridgehead atoms. The van der Waals surface area contributed by atoms with Gasteiger partial charge >= 0.3 is 0 Å². The summed E-state index contributed by atoms with van der Waals surface area (Å²) in [4.78, 5) is 12.6. The van der Waals surface area contributed by atoms with E-state index in [9.17, 15) is 4.79 Å². The summed E-state index contributed by atoms with van der Waals surface area (Å²) in [5.74, 6) is -0.847. The molecule has 164 valence electrons. The average molecular weight is 405 g/mol. The zero-order chi connectivity index (χ0) is 22.0. The molecule has 1 aliphatic carbocycles. The Kier molecular flexibility index (Phi) is 10.6. The Hall–Kier alpha value is -1.65. The first kappa shape index (κ1) is 25.4. The van der Waals surface area contributed by atoms with Crippen molar-refractivity contribution in [1.82, 2.24) is 0 Å². The van der Waals surface area contributed by atoms with Gasteiger partial charge in [-0.25, -0.2) is 0 Å². The highest BCUT2D eigenvalue weighted by Gasteiger charge is 2.50. The third kappa shape index (κ3) is 6.97. The Morgan fingerprint density at radius 2 is 1.52 bits per heavy atom. The topological polar surface area (TPSA) is 44.8 Å². The minimum absolute atomic E-state index is 0.0677. The van der Waals surface area contributed by atoms with Crippen molar-refractivity contribution >= 4 is 5.78 Å². The van der Waals surface area contributed by atoms with Gasteiger partial charge in [0.2, 0.25) is 5.79 Å². The van der Waals surface area contributed by atoms with Gasteiger partial charge in [-0.05, 0) is 59.8 Å². The van der Waals surface area contributed by atoms with Crippen LogP contribution in [0.15, 0.2) is 46.8 Å². The zero-order valence-corrected chi connectivity index (χ0v) is 19.6. The van der Waals surface area contributed by atoms with Gasteiger partial charge in [-0.3, -0.25) is 4.79 Å². The average Bonchev–Trinajstić information content (AvgIpc) is 2.67. The number of hydrogen-bond acceptors (Lipinski definition) is 4. The van der Waals surface area contributed by atoms with Gasteiger partial charge in [0.05, 0.1) is 7.11 Å². The van der Waals surface area contributed by atoms with Crippen molar-refractivity contribution in [1.29, 1.82) is 0 Å². The Balaban J connectivity index is 2.70. The molecular weight excluding hydrogens is 364 g/mol. The lowest BCUT2D eigenvalue weighted by molar-refractivity contribution is -0.241. The fourth-order valence-corrected chi connectivity index (χ4v) is 3.92. The van der Waals surface area contributed by atoms with Crippen LogP contribution in [0, 0.1) is 11.8 Å². The molecule has 0 amide bonds. The van der Waals surface area contributed by atoms with Crippen LogP contribution >= 0.6 is 0 Å². The van der Waals surface area contributed by atoms with Crippen molar-refractivity contribution in [3.63, 3.8) is 0 Å². The maximum atomic E-state index is 12.6. The van der Waals surface area contributed by atoms with Crippen LogP contribution in [0.1, 0.15) is 66.7 Å². The highest BCUT2D eigenvalue weighted by molar-refractivity contribution is 5.94. The Bertz CT molecular complexity index is 658. The summed E-state index contributed by atoms with van der Waals surface area (Å²) in [5, 5.41) is 0. The molecule has 0 saturated heterocycles. The van der Waals surface area contributed by atoms with Gasteiger partial charge in [-0.15, -0.1) is 0 Å². The molecule has 0 aliphatic heterocycles. The maximum absolute atomic E-state index is 12.6. The van der Waals surface area contributed by atoms with Crippen LogP contribution in [0.2, 0.25) is 0 Å². The quantitative estimate of drug-likeness (QED) is 0.306. The van der Waals surface area contributed by atoms with Gasteiger partial charge in [-0.1, -0.05) is 41.9 Å². The second kappa shape index (κ2) is 12.1. The first-order chi connectivity index (χ1) is 13.7. The smallest absolute Gasteiger partial charge is 0.230 e. The third-order valence-electron chi connectivity index (χ3n) is 5.85. The minimum Gasteiger partial charge on any atom is -0.495 e. The highest BCUT2D eigenvalue weighted by Crippen LogP contribution is 2.41. The second-order valence-corrected chi connectivity index (χ2v) is 8.28. The molecule has 0 saturated carbocycles. The Morgan fingerprint density at radius 1 is 0.966 bits per heavy atom. The molecule has 0 aromatic carbocycles. The Morgan fingerprint density at radius 3 is 2.03 bits per heavy atom. The van der Waals surface area contributed by atoms with Crippen molar-refractivity contribution in [2.45, 2.75) is 72.5 Å². The molecule has 0 aromatic rings. The van der Waals surface area contributed by atoms with Crippen molar-refractivity contribution in [3.8, 4) is 0 Å². The minimum atomic E-state index is -1.01. The lowest BCUT2D eigenvalue weighted by atomic mass is 9.76. The van der Waals surface area contributed by atoms with Gasteiger partial charge in [0.15, 0.2) is 11.5 Å². The van der Waals surface area contributed by atoms with Crippen molar-refractivity contribution in [3.05, 3.63) is 46.8 Å². The van der Waals surface area contributed by atoms with Crippen LogP contribution in [0.3, 0.4) is 0 Å². The van der Waals surface area contributed by atoms with E-state index in [0.29, 0.717) is 12.2 Å². The van der Waals surface area contributed by atoms with Crippen LogP contribution < -0.4 is 0 Å². The molecule has 1 aliphatic rings. The standard InChI is InChI=1S/C25H40O4/c1-18(2)11-9-12-19(3)13-10-14-20(4)15-16-22-21(5)25(28-7,29-8)24(27-6)17-23(22)26/h11,13,15,17,21-22H,9-10,12,14,16H2,1-8H3/b19-13+,20-15+/t21-,22-/m1/s1. The molecule has 0 aromatic heterocycles. The van der Waals surface area contributed by atoms with Crippen LogP contribution in [0.5, 0.6) is 0 Å². The van der Waals surface area contributed by atoms with E-state index in [1.54, 1.807) is 14.2 Å². The van der Waals surface area contributed by atoms with Crippen LogP contribution in [-0.4, -0.2) is 32.9 Å². The largest absolute Gasteiger partial charge is 0.495 e. The first-order valence-corrected chi connectivity index (χ1v) is 10.6. The molecular formula is C25H40O4. The summed E-state index contributed by atoms with van der Waals surface area (Å²) in [5.41, 5.74) is 4.12. The first-order valence-electron chi connectivity index (χ1n) is 10.6. The molecule has 29 heavy (non-hydrogen) atoms. The van der Waals surface area contributed by atoms with E-state index in [4.69, 9.17) is 14.2 Å². The third-order valence-corrected chi connectivity index (χ3v) is 5.85. The fraction of sp³-hybridized carbons (Fsp3) is 0.640. The molecule has 4 nitrogen and oxygen atoms in total. The van der Waals surface area contributed by atoms with Gasteiger partial charge < -0.3 is 14.2 Å². The predicted molar refractivity (Wildman–Crippen MR) is 120 cm³/mol. The van der Waals surface area contributed by atoms with Crippen molar-refractivity contribution in [2.75, 3.05) is 21.3 Å². The number of ketones is 1. The van der Waals surface area contributed by atoms with E-state index in [1.807, 2.05) is 6.92 Å². The number of allylic oxidation sites excluding steroid dienone is 7. The number of rotatable bonds is 11. The van der Waals surface area contributed by atoms with Crippen LogP contribution in [0.25, 0.3) is 0 Å². The van der Waals surface area contributed by atoms with E-state index in [2.05, 4.69) is 45.9 Å². The van der Waals surface area contributed by atoms with Crippen LogP contribution in [-0.2, 0) is 19.0 Å². The van der Waals surface area contributed by atoms with Gasteiger partial charge in [0.25, 0.3) is 0 Å². The van der Waals surface area contributed by atoms with Crippen LogP contribution in [0.4, 0.5) is 0 Å². The Labute approximate surface area is 177 Å². The summed E-state index contributed by atoms with van der Waals surface area (Å²) in [6.07, 6.45) is 13.3. The molecule has 0 spiro atoms. The normalized spacial score (nSPS) is 22.3. The van der Waals surface area contributed by atoms with E-state index < -0.39 is 5.79 Å².